The summed E-state index contributed by atoms with van der Waals surface area (Å²) in [6.07, 6.45) is 1.73. The highest BCUT2D eigenvalue weighted by molar-refractivity contribution is 7.89. The first-order valence-electron chi connectivity index (χ1n) is 6.37. The summed E-state index contributed by atoms with van der Waals surface area (Å²) in [7, 11) is -4.07. The first-order valence-corrected chi connectivity index (χ1v) is 7.85. The molecule has 22 heavy (non-hydrogen) atoms. The Morgan fingerprint density at radius 1 is 1.23 bits per heavy atom. The SMILES string of the molecule is O=c1cccnn1CCCNS(=O)(=O)c1ccc(F)cc1F. The third-order valence-electron chi connectivity index (χ3n) is 2.81. The quantitative estimate of drug-likeness (QED) is 0.798. The molecule has 6 nitrogen and oxygen atoms in total. The molecule has 1 aromatic carbocycles. The third kappa shape index (κ3) is 3.95. The molecular weight excluding hydrogens is 316 g/mol. The zero-order valence-electron chi connectivity index (χ0n) is 11.4. The maximum Gasteiger partial charge on any atom is 0.266 e. The predicted octanol–water partition coefficient (Wildman–Crippen LogP) is 0.890. The molecule has 0 aliphatic rings. The Labute approximate surface area is 125 Å². The van der Waals surface area contributed by atoms with E-state index in [1.807, 2.05) is 0 Å². The molecule has 0 unspecified atom stereocenters. The molecule has 0 spiro atoms. The topological polar surface area (TPSA) is 81.1 Å². The van der Waals surface area contributed by atoms with E-state index in [4.69, 9.17) is 0 Å². The molecule has 0 fully saturated rings. The maximum atomic E-state index is 13.5. The Hall–Kier alpha value is -2.13. The number of nitrogens with zero attached hydrogens (tertiary/aromatic N) is 2. The van der Waals surface area contributed by atoms with Crippen LogP contribution in [0.25, 0.3) is 0 Å². The number of rotatable bonds is 6. The van der Waals surface area contributed by atoms with E-state index in [0.29, 0.717) is 12.5 Å². The largest absolute Gasteiger partial charge is 0.268 e. The summed E-state index contributed by atoms with van der Waals surface area (Å²) in [6.45, 7) is 0.205. The van der Waals surface area contributed by atoms with Crippen molar-refractivity contribution >= 4 is 10.0 Å². The van der Waals surface area contributed by atoms with Crippen molar-refractivity contribution < 1.29 is 17.2 Å². The van der Waals surface area contributed by atoms with Crippen molar-refractivity contribution in [1.29, 1.82) is 0 Å². The summed E-state index contributed by atoms with van der Waals surface area (Å²) in [5.74, 6) is -2.01. The molecule has 0 bridgehead atoms. The fraction of sp³-hybridized carbons (Fsp3) is 0.231. The van der Waals surface area contributed by atoms with Gasteiger partial charge in [0.25, 0.3) is 5.56 Å². The molecule has 0 aliphatic heterocycles. The van der Waals surface area contributed by atoms with E-state index in [-0.39, 0.29) is 18.6 Å². The van der Waals surface area contributed by atoms with E-state index < -0.39 is 26.6 Å². The molecular formula is C13H13F2N3O3S. The van der Waals surface area contributed by atoms with Crippen LogP contribution in [0.1, 0.15) is 6.42 Å². The lowest BCUT2D eigenvalue weighted by Gasteiger charge is -2.08. The Morgan fingerprint density at radius 2 is 2.00 bits per heavy atom. The van der Waals surface area contributed by atoms with Crippen LogP contribution in [0.3, 0.4) is 0 Å². The Morgan fingerprint density at radius 3 is 2.68 bits per heavy atom. The molecule has 2 rings (SSSR count). The minimum Gasteiger partial charge on any atom is -0.268 e. The number of aryl methyl sites for hydroxylation is 1. The van der Waals surface area contributed by atoms with E-state index in [1.54, 1.807) is 0 Å². The molecule has 2 aromatic rings. The molecule has 118 valence electrons. The highest BCUT2D eigenvalue weighted by Gasteiger charge is 2.18. The van der Waals surface area contributed by atoms with E-state index in [9.17, 15) is 22.0 Å². The Balaban J connectivity index is 1.96. The first kappa shape index (κ1) is 16.2. The van der Waals surface area contributed by atoms with Crippen LogP contribution in [0.5, 0.6) is 0 Å². The molecule has 0 amide bonds. The molecule has 1 heterocycles. The van der Waals surface area contributed by atoms with Gasteiger partial charge in [0, 0.05) is 31.4 Å². The average molecular weight is 329 g/mol. The smallest absolute Gasteiger partial charge is 0.266 e. The second-order valence-electron chi connectivity index (χ2n) is 4.41. The van der Waals surface area contributed by atoms with Crippen molar-refractivity contribution in [3.8, 4) is 0 Å². The summed E-state index contributed by atoms with van der Waals surface area (Å²) in [5.41, 5.74) is -0.296. The Kier molecular flexibility index (Phi) is 4.99. The summed E-state index contributed by atoms with van der Waals surface area (Å²) in [5, 5.41) is 3.82. The molecule has 0 saturated heterocycles. The normalized spacial score (nSPS) is 11.5. The lowest BCUT2D eigenvalue weighted by atomic mass is 10.3. The Bertz CT molecular complexity index is 821. The van der Waals surface area contributed by atoms with Gasteiger partial charge in [-0.15, -0.1) is 0 Å². The molecule has 9 heteroatoms. The number of hydrogen-bond acceptors (Lipinski definition) is 4. The number of halogens is 2. The minimum atomic E-state index is -4.07. The number of nitrogens with one attached hydrogen (secondary N) is 1. The number of benzene rings is 1. The van der Waals surface area contributed by atoms with Gasteiger partial charge in [-0.3, -0.25) is 4.79 Å². The maximum absolute atomic E-state index is 13.5. The van der Waals surface area contributed by atoms with E-state index in [2.05, 4.69) is 9.82 Å². The van der Waals surface area contributed by atoms with Crippen LogP contribution in [-0.2, 0) is 16.6 Å². The average Bonchev–Trinajstić information content (AvgIpc) is 2.45. The van der Waals surface area contributed by atoms with Crippen molar-refractivity contribution in [3.63, 3.8) is 0 Å². The molecule has 0 atom stereocenters. The highest BCUT2D eigenvalue weighted by Crippen LogP contribution is 2.15. The van der Waals surface area contributed by atoms with Gasteiger partial charge in [-0.25, -0.2) is 26.6 Å². The molecule has 0 saturated carbocycles. The summed E-state index contributed by atoms with van der Waals surface area (Å²) >= 11 is 0. The third-order valence-corrected chi connectivity index (χ3v) is 4.30. The van der Waals surface area contributed by atoms with Crippen molar-refractivity contribution in [3.05, 3.63) is 58.5 Å². The van der Waals surface area contributed by atoms with Crippen LogP contribution in [-0.4, -0.2) is 24.7 Å². The van der Waals surface area contributed by atoms with Crippen LogP contribution in [0.2, 0.25) is 0 Å². The van der Waals surface area contributed by atoms with Crippen molar-refractivity contribution in [2.75, 3.05) is 6.54 Å². The van der Waals surface area contributed by atoms with Crippen molar-refractivity contribution in [1.82, 2.24) is 14.5 Å². The number of aromatic nitrogens is 2. The van der Waals surface area contributed by atoms with Crippen molar-refractivity contribution in [2.24, 2.45) is 0 Å². The van der Waals surface area contributed by atoms with Gasteiger partial charge in [-0.2, -0.15) is 5.10 Å². The number of sulfonamides is 1. The number of hydrogen-bond donors (Lipinski definition) is 1. The van der Waals surface area contributed by atoms with Gasteiger partial charge in [-0.1, -0.05) is 0 Å². The lowest BCUT2D eigenvalue weighted by molar-refractivity contribution is 0.526. The summed E-state index contributed by atoms with van der Waals surface area (Å²) in [6, 6.07) is 5.06. The van der Waals surface area contributed by atoms with Gasteiger partial charge in [0.2, 0.25) is 10.0 Å². The molecule has 0 aliphatic carbocycles. The van der Waals surface area contributed by atoms with E-state index in [0.717, 1.165) is 12.1 Å². The van der Waals surface area contributed by atoms with E-state index in [1.165, 1.54) is 23.0 Å². The molecule has 1 aromatic heterocycles. The van der Waals surface area contributed by atoms with Gasteiger partial charge in [-0.05, 0) is 24.6 Å². The summed E-state index contributed by atoms with van der Waals surface area (Å²) < 4.78 is 53.4. The van der Waals surface area contributed by atoms with Crippen LogP contribution in [0.4, 0.5) is 8.78 Å². The fourth-order valence-electron chi connectivity index (χ4n) is 1.76. The monoisotopic (exact) mass is 329 g/mol. The standard InChI is InChI=1S/C13H13F2N3O3S/c14-10-4-5-12(11(15)9-10)22(20,21)17-7-2-8-18-13(19)3-1-6-16-18/h1,3-6,9,17H,2,7-8H2. The van der Waals surface area contributed by atoms with Crippen LogP contribution >= 0.6 is 0 Å². The zero-order chi connectivity index (χ0) is 16.2. The second-order valence-corrected chi connectivity index (χ2v) is 6.15. The second kappa shape index (κ2) is 6.75. The van der Waals surface area contributed by atoms with Crippen LogP contribution in [0, 0.1) is 11.6 Å². The molecule has 0 radical (unpaired) electrons. The summed E-state index contributed by atoms with van der Waals surface area (Å²) in [4.78, 5) is 10.8. The molecule has 1 N–H and O–H groups in total. The van der Waals surface area contributed by atoms with Gasteiger partial charge in [0.05, 0.1) is 0 Å². The zero-order valence-corrected chi connectivity index (χ0v) is 12.2. The van der Waals surface area contributed by atoms with Crippen LogP contribution in [0.15, 0.2) is 46.2 Å². The van der Waals surface area contributed by atoms with Gasteiger partial charge >= 0.3 is 0 Å². The van der Waals surface area contributed by atoms with Crippen LogP contribution < -0.4 is 10.3 Å². The van der Waals surface area contributed by atoms with Gasteiger partial charge < -0.3 is 0 Å². The van der Waals surface area contributed by atoms with Gasteiger partial charge in [0.15, 0.2) is 0 Å². The lowest BCUT2D eigenvalue weighted by Crippen LogP contribution is -2.28. The first-order chi connectivity index (χ1) is 10.4. The fourth-order valence-corrected chi connectivity index (χ4v) is 2.89. The van der Waals surface area contributed by atoms with Crippen molar-refractivity contribution in [2.45, 2.75) is 17.9 Å². The highest BCUT2D eigenvalue weighted by atomic mass is 32.2. The van der Waals surface area contributed by atoms with Gasteiger partial charge in [0.1, 0.15) is 16.5 Å². The predicted molar refractivity (Wildman–Crippen MR) is 74.7 cm³/mol. The van der Waals surface area contributed by atoms with E-state index >= 15 is 0 Å². The minimum absolute atomic E-state index is 0.0117.